The Kier molecular flexibility index (Phi) is 3.54. The third-order valence-corrected chi connectivity index (χ3v) is 4.92. The van der Waals surface area contributed by atoms with Gasteiger partial charge in [0.25, 0.3) is 0 Å². The smallest absolute Gasteiger partial charge is 0.249 e. The van der Waals surface area contributed by atoms with E-state index in [-0.39, 0.29) is 18.1 Å². The monoisotopic (exact) mass is 319 g/mol. The Balaban J connectivity index is 1.40. The van der Waals surface area contributed by atoms with Crippen molar-refractivity contribution in [2.75, 3.05) is 6.61 Å². The fraction of sp³-hybridized carbons (Fsp3) is 0.500. The number of aromatic nitrogens is 2. The van der Waals surface area contributed by atoms with Gasteiger partial charge < -0.3 is 15.0 Å². The molecule has 4 rings (SSSR count). The molecule has 5 nitrogen and oxygen atoms in total. The van der Waals surface area contributed by atoms with Gasteiger partial charge in [0, 0.05) is 24.2 Å². The van der Waals surface area contributed by atoms with Crippen LogP contribution < -0.4 is 5.32 Å². The lowest BCUT2D eigenvalue weighted by atomic mass is 9.76. The number of nitrogens with zero attached hydrogens (tertiary/aromatic N) is 1. The highest BCUT2D eigenvalue weighted by Gasteiger charge is 2.35. The number of fused-ring (bicyclic) bond motifs is 1. The number of ether oxygens (including phenoxy) is 1. The van der Waals surface area contributed by atoms with Crippen LogP contribution in [0.5, 0.6) is 0 Å². The molecular formula is C16H18ClN3O2. The van der Waals surface area contributed by atoms with Crippen molar-refractivity contribution in [3.05, 3.63) is 29.2 Å². The van der Waals surface area contributed by atoms with E-state index in [1.54, 1.807) is 6.20 Å². The Morgan fingerprint density at radius 2 is 2.32 bits per heavy atom. The van der Waals surface area contributed by atoms with E-state index >= 15 is 0 Å². The van der Waals surface area contributed by atoms with Gasteiger partial charge in [-0.05, 0) is 43.2 Å². The van der Waals surface area contributed by atoms with Gasteiger partial charge in [-0.3, -0.25) is 4.79 Å². The molecule has 1 amide bonds. The van der Waals surface area contributed by atoms with Gasteiger partial charge in [0.1, 0.15) is 11.3 Å². The van der Waals surface area contributed by atoms with Crippen LogP contribution in [0.15, 0.2) is 18.5 Å². The first-order valence-corrected chi connectivity index (χ1v) is 8.13. The van der Waals surface area contributed by atoms with Crippen molar-refractivity contribution in [1.29, 1.82) is 0 Å². The third kappa shape index (κ3) is 2.48. The fourth-order valence-electron chi connectivity index (χ4n) is 3.42. The Bertz CT molecular complexity index is 702. The van der Waals surface area contributed by atoms with E-state index in [1.165, 1.54) is 5.56 Å². The largest absolute Gasteiger partial charge is 0.368 e. The van der Waals surface area contributed by atoms with E-state index in [0.717, 1.165) is 36.6 Å². The highest BCUT2D eigenvalue weighted by atomic mass is 35.5. The summed E-state index contributed by atoms with van der Waals surface area (Å²) in [5.41, 5.74) is 2.27. The average Bonchev–Trinajstić information content (AvgIpc) is 3.11. The second kappa shape index (κ2) is 5.56. The summed E-state index contributed by atoms with van der Waals surface area (Å²) < 4.78 is 5.42. The number of H-pyrrole nitrogens is 1. The number of pyridine rings is 1. The first-order chi connectivity index (χ1) is 10.7. The quantitative estimate of drug-likeness (QED) is 0.855. The van der Waals surface area contributed by atoms with Crippen LogP contribution in [0.3, 0.4) is 0 Å². The minimum Gasteiger partial charge on any atom is -0.368 e. The summed E-state index contributed by atoms with van der Waals surface area (Å²) in [4.78, 5) is 19.4. The molecule has 0 radical (unpaired) electrons. The maximum Gasteiger partial charge on any atom is 0.249 e. The summed E-state index contributed by atoms with van der Waals surface area (Å²) in [6.45, 7) is 0.704. The lowest BCUT2D eigenvalue weighted by molar-refractivity contribution is -0.131. The van der Waals surface area contributed by atoms with E-state index in [4.69, 9.17) is 16.3 Å². The topological polar surface area (TPSA) is 67.0 Å². The number of halogens is 1. The van der Waals surface area contributed by atoms with E-state index in [0.29, 0.717) is 17.7 Å². The molecule has 1 atom stereocenters. The molecule has 2 aliphatic rings. The van der Waals surface area contributed by atoms with Crippen LogP contribution in [-0.4, -0.2) is 34.6 Å². The molecular weight excluding hydrogens is 302 g/mol. The average molecular weight is 320 g/mol. The molecule has 0 unspecified atom stereocenters. The van der Waals surface area contributed by atoms with Gasteiger partial charge in [-0.2, -0.15) is 0 Å². The summed E-state index contributed by atoms with van der Waals surface area (Å²) in [5.74, 6) is 0.508. The zero-order valence-corrected chi connectivity index (χ0v) is 12.9. The van der Waals surface area contributed by atoms with Gasteiger partial charge in [-0.1, -0.05) is 11.6 Å². The predicted octanol–water partition coefficient (Wildman–Crippen LogP) is 2.76. The van der Waals surface area contributed by atoms with Crippen LogP contribution in [-0.2, 0) is 9.53 Å². The standard InChI is InChI=1S/C16H18ClN3O2/c17-15-6-11-12(7-18-13(11)8-19-15)9-4-10(5-9)20-16(21)14-2-1-3-22-14/h6-10,14,18H,1-5H2,(H,20,21)/t9?,10?,14-/m0/s1. The maximum atomic E-state index is 12.0. The van der Waals surface area contributed by atoms with Gasteiger partial charge in [0.05, 0.1) is 11.7 Å². The normalized spacial score (nSPS) is 27.8. The van der Waals surface area contributed by atoms with Crippen molar-refractivity contribution < 1.29 is 9.53 Å². The number of hydrogen-bond acceptors (Lipinski definition) is 3. The number of aromatic amines is 1. The number of nitrogens with one attached hydrogen (secondary N) is 2. The number of hydrogen-bond donors (Lipinski definition) is 2. The predicted molar refractivity (Wildman–Crippen MR) is 84.0 cm³/mol. The van der Waals surface area contributed by atoms with Crippen LogP contribution in [0.1, 0.15) is 37.2 Å². The summed E-state index contributed by atoms with van der Waals surface area (Å²) in [5, 5.41) is 4.74. The Morgan fingerprint density at radius 3 is 3.09 bits per heavy atom. The zero-order valence-electron chi connectivity index (χ0n) is 12.1. The molecule has 22 heavy (non-hydrogen) atoms. The second-order valence-corrected chi connectivity index (χ2v) is 6.56. The molecule has 6 heteroatoms. The minimum atomic E-state index is -0.239. The molecule has 3 heterocycles. The first kappa shape index (κ1) is 14.0. The summed E-state index contributed by atoms with van der Waals surface area (Å²) in [7, 11) is 0. The van der Waals surface area contributed by atoms with Crippen molar-refractivity contribution in [2.24, 2.45) is 0 Å². The molecule has 1 aliphatic heterocycles. The molecule has 1 saturated heterocycles. The van der Waals surface area contributed by atoms with Gasteiger partial charge in [-0.15, -0.1) is 0 Å². The molecule has 0 bridgehead atoms. The van der Waals surface area contributed by atoms with Crippen molar-refractivity contribution in [1.82, 2.24) is 15.3 Å². The number of rotatable bonds is 3. The molecule has 2 fully saturated rings. The molecule has 2 aromatic heterocycles. The Labute approximate surface area is 133 Å². The SMILES string of the molecule is O=C(NC1CC(c2c[nH]c3cnc(Cl)cc23)C1)[C@@H]1CCCO1. The van der Waals surface area contributed by atoms with E-state index < -0.39 is 0 Å². The molecule has 1 saturated carbocycles. The van der Waals surface area contributed by atoms with Crippen LogP contribution in [0.4, 0.5) is 0 Å². The van der Waals surface area contributed by atoms with Crippen molar-refractivity contribution in [2.45, 2.75) is 43.7 Å². The van der Waals surface area contributed by atoms with Gasteiger partial charge in [0.2, 0.25) is 5.91 Å². The lowest BCUT2D eigenvalue weighted by Gasteiger charge is -2.36. The summed E-state index contributed by atoms with van der Waals surface area (Å²) in [6.07, 6.45) is 7.31. The van der Waals surface area contributed by atoms with Gasteiger partial charge in [0.15, 0.2) is 0 Å². The third-order valence-electron chi connectivity index (χ3n) is 4.71. The van der Waals surface area contributed by atoms with Crippen molar-refractivity contribution >= 4 is 28.4 Å². The molecule has 116 valence electrons. The van der Waals surface area contributed by atoms with Gasteiger partial charge >= 0.3 is 0 Å². The Hall–Kier alpha value is -1.59. The number of carbonyl (C=O) groups is 1. The van der Waals surface area contributed by atoms with Gasteiger partial charge in [-0.25, -0.2) is 4.98 Å². The molecule has 1 aliphatic carbocycles. The first-order valence-electron chi connectivity index (χ1n) is 7.75. The van der Waals surface area contributed by atoms with E-state index in [2.05, 4.69) is 15.3 Å². The minimum absolute atomic E-state index is 0.0483. The maximum absolute atomic E-state index is 12.0. The number of carbonyl (C=O) groups excluding carboxylic acids is 1. The highest BCUT2D eigenvalue weighted by molar-refractivity contribution is 6.30. The lowest BCUT2D eigenvalue weighted by Crippen LogP contribution is -2.47. The fourth-order valence-corrected chi connectivity index (χ4v) is 3.58. The van der Waals surface area contributed by atoms with Crippen molar-refractivity contribution in [3.8, 4) is 0 Å². The second-order valence-electron chi connectivity index (χ2n) is 6.17. The molecule has 2 aromatic rings. The van der Waals surface area contributed by atoms with Crippen LogP contribution >= 0.6 is 11.6 Å². The summed E-state index contributed by atoms with van der Waals surface area (Å²) >= 11 is 5.99. The molecule has 0 aromatic carbocycles. The van der Waals surface area contributed by atoms with Crippen LogP contribution in [0.25, 0.3) is 10.9 Å². The van der Waals surface area contributed by atoms with Crippen LogP contribution in [0.2, 0.25) is 5.15 Å². The van der Waals surface area contributed by atoms with Crippen LogP contribution in [0, 0.1) is 0 Å². The highest BCUT2D eigenvalue weighted by Crippen LogP contribution is 2.40. The van der Waals surface area contributed by atoms with E-state index in [1.807, 2.05) is 12.3 Å². The molecule has 2 N–H and O–H groups in total. The summed E-state index contributed by atoms with van der Waals surface area (Å²) in [6, 6.07) is 2.16. The van der Waals surface area contributed by atoms with E-state index in [9.17, 15) is 4.79 Å². The molecule has 0 spiro atoms. The number of amides is 1. The zero-order chi connectivity index (χ0) is 15.1. The van der Waals surface area contributed by atoms with Crippen molar-refractivity contribution in [3.63, 3.8) is 0 Å². The Morgan fingerprint density at radius 1 is 1.45 bits per heavy atom.